The summed E-state index contributed by atoms with van der Waals surface area (Å²) >= 11 is 1.82. The Bertz CT molecular complexity index is 875. The predicted molar refractivity (Wildman–Crippen MR) is 104 cm³/mol. The molecule has 0 aromatic heterocycles. The number of ether oxygens (including phenoxy) is 4. The SMILES string of the molecule is Cc1ccc(OC(=O)c2ccc(OC(C)F)c3c2OC2(CCSCC2)O3)cc1. The number of benzene rings is 2. The van der Waals surface area contributed by atoms with E-state index in [-0.39, 0.29) is 22.8 Å². The fourth-order valence-electron chi connectivity index (χ4n) is 3.22. The first kappa shape index (κ1) is 18.9. The molecule has 0 N–H and O–H groups in total. The van der Waals surface area contributed by atoms with Crippen molar-refractivity contribution in [2.45, 2.75) is 38.8 Å². The zero-order chi connectivity index (χ0) is 19.7. The van der Waals surface area contributed by atoms with Crippen LogP contribution in [0.15, 0.2) is 36.4 Å². The summed E-state index contributed by atoms with van der Waals surface area (Å²) in [6.07, 6.45) is -0.177. The summed E-state index contributed by atoms with van der Waals surface area (Å²) < 4.78 is 36.4. The van der Waals surface area contributed by atoms with Gasteiger partial charge >= 0.3 is 5.97 Å². The van der Waals surface area contributed by atoms with Crippen LogP contribution in [0.3, 0.4) is 0 Å². The molecule has 2 aliphatic heterocycles. The van der Waals surface area contributed by atoms with Gasteiger partial charge in [-0.1, -0.05) is 17.7 Å². The summed E-state index contributed by atoms with van der Waals surface area (Å²) in [5.74, 6) is 1.52. The molecule has 2 aromatic carbocycles. The number of aryl methyl sites for hydroxylation is 1. The Hall–Kier alpha value is -2.41. The highest BCUT2D eigenvalue weighted by atomic mass is 32.2. The van der Waals surface area contributed by atoms with E-state index in [1.165, 1.54) is 19.1 Å². The monoisotopic (exact) mass is 404 g/mol. The minimum atomic E-state index is -1.52. The first-order chi connectivity index (χ1) is 13.5. The maximum absolute atomic E-state index is 13.5. The Kier molecular flexibility index (Phi) is 5.10. The van der Waals surface area contributed by atoms with Crippen molar-refractivity contribution in [3.63, 3.8) is 0 Å². The van der Waals surface area contributed by atoms with Gasteiger partial charge in [-0.15, -0.1) is 0 Å². The quantitative estimate of drug-likeness (QED) is 0.534. The number of alkyl halides is 1. The summed E-state index contributed by atoms with van der Waals surface area (Å²) in [4.78, 5) is 12.8. The molecule has 0 saturated carbocycles. The minimum Gasteiger partial charge on any atom is -0.457 e. The third kappa shape index (κ3) is 3.76. The number of halogens is 1. The van der Waals surface area contributed by atoms with E-state index in [0.29, 0.717) is 18.6 Å². The molecule has 28 heavy (non-hydrogen) atoms. The number of esters is 1. The van der Waals surface area contributed by atoms with Crippen molar-refractivity contribution in [1.82, 2.24) is 0 Å². The molecule has 7 heteroatoms. The highest BCUT2D eigenvalue weighted by molar-refractivity contribution is 7.99. The molecular weight excluding hydrogens is 383 g/mol. The molecule has 5 nitrogen and oxygen atoms in total. The van der Waals surface area contributed by atoms with Crippen molar-refractivity contribution in [3.8, 4) is 23.0 Å². The molecule has 2 aromatic rings. The van der Waals surface area contributed by atoms with Gasteiger partial charge in [0.1, 0.15) is 11.3 Å². The van der Waals surface area contributed by atoms with E-state index in [1.54, 1.807) is 12.1 Å². The van der Waals surface area contributed by atoms with Gasteiger partial charge in [-0.3, -0.25) is 0 Å². The van der Waals surface area contributed by atoms with E-state index in [0.717, 1.165) is 17.1 Å². The number of rotatable bonds is 4. The summed E-state index contributed by atoms with van der Waals surface area (Å²) in [6, 6.07) is 10.2. The third-order valence-corrected chi connectivity index (χ3v) is 5.63. The molecular formula is C21H21FO5S. The Morgan fingerprint density at radius 3 is 2.46 bits per heavy atom. The van der Waals surface area contributed by atoms with Gasteiger partial charge in [0.25, 0.3) is 5.79 Å². The van der Waals surface area contributed by atoms with E-state index in [4.69, 9.17) is 18.9 Å². The van der Waals surface area contributed by atoms with Crippen LogP contribution in [0.25, 0.3) is 0 Å². The topological polar surface area (TPSA) is 54.0 Å². The first-order valence-electron chi connectivity index (χ1n) is 9.18. The summed E-state index contributed by atoms with van der Waals surface area (Å²) in [6.45, 7) is 3.24. The minimum absolute atomic E-state index is 0.215. The number of hydrogen-bond donors (Lipinski definition) is 0. The molecule has 1 fully saturated rings. The number of carbonyl (C=O) groups is 1. The Labute approximate surface area is 167 Å². The van der Waals surface area contributed by atoms with Crippen LogP contribution < -0.4 is 18.9 Å². The zero-order valence-corrected chi connectivity index (χ0v) is 16.5. The van der Waals surface area contributed by atoms with Gasteiger partial charge in [-0.2, -0.15) is 11.8 Å². The first-order valence-corrected chi connectivity index (χ1v) is 10.3. The molecule has 0 bridgehead atoms. The van der Waals surface area contributed by atoms with Gasteiger partial charge < -0.3 is 18.9 Å². The second-order valence-corrected chi connectivity index (χ2v) is 8.08. The van der Waals surface area contributed by atoms with Crippen LogP contribution in [0, 0.1) is 6.92 Å². The second kappa shape index (κ2) is 7.54. The van der Waals surface area contributed by atoms with Crippen LogP contribution in [0.1, 0.15) is 35.7 Å². The fourth-order valence-corrected chi connectivity index (χ4v) is 4.33. The largest absolute Gasteiger partial charge is 0.457 e. The van der Waals surface area contributed by atoms with E-state index in [9.17, 15) is 9.18 Å². The molecule has 2 heterocycles. The molecule has 1 unspecified atom stereocenters. The standard InChI is InChI=1S/C21H21FO5S/c1-13-3-5-15(6-4-13)25-20(23)16-7-8-17(24-14(2)22)19-18(16)26-21(27-19)9-11-28-12-10-21/h3-8,14H,9-12H2,1-2H3. The Morgan fingerprint density at radius 1 is 1.11 bits per heavy atom. The number of thioether (sulfide) groups is 1. The normalized spacial score (nSPS) is 18.0. The lowest BCUT2D eigenvalue weighted by Gasteiger charge is -2.31. The third-order valence-electron chi connectivity index (χ3n) is 4.65. The van der Waals surface area contributed by atoms with Crippen molar-refractivity contribution in [1.29, 1.82) is 0 Å². The molecule has 148 valence electrons. The molecule has 0 aliphatic carbocycles. The summed E-state index contributed by atoms with van der Waals surface area (Å²) in [7, 11) is 0. The molecule has 0 amide bonds. The lowest BCUT2D eigenvalue weighted by Crippen LogP contribution is -2.42. The predicted octanol–water partition coefficient (Wildman–Crippen LogP) is 4.90. The van der Waals surface area contributed by atoms with Crippen molar-refractivity contribution in [2.24, 2.45) is 0 Å². The van der Waals surface area contributed by atoms with Gasteiger partial charge in [0, 0.05) is 31.3 Å². The lowest BCUT2D eigenvalue weighted by atomic mass is 10.1. The van der Waals surface area contributed by atoms with Gasteiger partial charge in [-0.25, -0.2) is 9.18 Å². The van der Waals surface area contributed by atoms with Gasteiger partial charge in [-0.05, 0) is 31.2 Å². The van der Waals surface area contributed by atoms with Gasteiger partial charge in [0.15, 0.2) is 11.5 Å². The average Bonchev–Trinajstić information content (AvgIpc) is 3.03. The number of carbonyl (C=O) groups excluding carboxylic acids is 1. The molecule has 0 radical (unpaired) electrons. The zero-order valence-electron chi connectivity index (χ0n) is 15.7. The number of hydrogen-bond acceptors (Lipinski definition) is 6. The van der Waals surface area contributed by atoms with Crippen LogP contribution in [0.2, 0.25) is 0 Å². The molecule has 2 aliphatic rings. The maximum Gasteiger partial charge on any atom is 0.347 e. The highest BCUT2D eigenvalue weighted by Crippen LogP contribution is 2.51. The summed E-state index contributed by atoms with van der Waals surface area (Å²) in [5.41, 5.74) is 1.29. The van der Waals surface area contributed by atoms with Crippen molar-refractivity contribution < 1.29 is 28.1 Å². The average molecular weight is 404 g/mol. The van der Waals surface area contributed by atoms with Crippen LogP contribution in [-0.2, 0) is 0 Å². The summed E-state index contributed by atoms with van der Waals surface area (Å²) in [5, 5.41) is 0. The van der Waals surface area contributed by atoms with Crippen LogP contribution in [0.4, 0.5) is 4.39 Å². The molecule has 4 rings (SSSR count). The van der Waals surface area contributed by atoms with Crippen LogP contribution >= 0.6 is 11.8 Å². The van der Waals surface area contributed by atoms with Crippen LogP contribution in [0.5, 0.6) is 23.0 Å². The lowest BCUT2D eigenvalue weighted by molar-refractivity contribution is -0.0860. The highest BCUT2D eigenvalue weighted by Gasteiger charge is 2.46. The van der Waals surface area contributed by atoms with Crippen molar-refractivity contribution in [2.75, 3.05) is 11.5 Å². The molecule has 1 saturated heterocycles. The van der Waals surface area contributed by atoms with E-state index < -0.39 is 18.1 Å². The second-order valence-electron chi connectivity index (χ2n) is 6.86. The fraction of sp³-hybridized carbons (Fsp3) is 0.381. The van der Waals surface area contributed by atoms with Crippen molar-refractivity contribution >= 4 is 17.7 Å². The van der Waals surface area contributed by atoms with Crippen LogP contribution in [-0.4, -0.2) is 29.6 Å². The van der Waals surface area contributed by atoms with Gasteiger partial charge in [0.2, 0.25) is 12.1 Å². The smallest absolute Gasteiger partial charge is 0.347 e. The van der Waals surface area contributed by atoms with Gasteiger partial charge in [0.05, 0.1) is 0 Å². The maximum atomic E-state index is 13.5. The molecule has 1 spiro atoms. The Balaban J connectivity index is 1.66. The number of fused-ring (bicyclic) bond motifs is 1. The van der Waals surface area contributed by atoms with E-state index in [1.807, 2.05) is 30.8 Å². The van der Waals surface area contributed by atoms with E-state index in [2.05, 4.69) is 0 Å². The van der Waals surface area contributed by atoms with E-state index >= 15 is 0 Å². The van der Waals surface area contributed by atoms with Crippen molar-refractivity contribution in [3.05, 3.63) is 47.5 Å². The Morgan fingerprint density at radius 2 is 1.79 bits per heavy atom. The molecule has 1 atom stereocenters.